The summed E-state index contributed by atoms with van der Waals surface area (Å²) >= 11 is 0. The van der Waals surface area contributed by atoms with Gasteiger partial charge in [-0.3, -0.25) is 0 Å². The molecule has 1 rings (SSSR count). The highest BCUT2D eigenvalue weighted by molar-refractivity contribution is 5.46. The highest BCUT2D eigenvalue weighted by atomic mass is 19.1. The number of benzene rings is 1. The van der Waals surface area contributed by atoms with Crippen molar-refractivity contribution in [2.24, 2.45) is 5.73 Å². The highest BCUT2D eigenvalue weighted by Gasteiger charge is 2.18. The van der Waals surface area contributed by atoms with Gasteiger partial charge in [0.15, 0.2) is 0 Å². The zero-order valence-corrected chi connectivity index (χ0v) is 8.98. The molecule has 0 bridgehead atoms. The van der Waals surface area contributed by atoms with E-state index in [1.807, 2.05) is 13.8 Å². The van der Waals surface area contributed by atoms with E-state index in [0.29, 0.717) is 13.0 Å². The molecule has 4 heteroatoms. The molecule has 0 atom stereocenters. The third-order valence-electron chi connectivity index (χ3n) is 2.17. The minimum atomic E-state index is -0.457. The minimum Gasteiger partial charge on any atom is -0.378 e. The molecule has 0 radical (unpaired) electrons. The van der Waals surface area contributed by atoms with Crippen LogP contribution in [0.2, 0.25) is 0 Å². The maximum absolute atomic E-state index is 13.3. The summed E-state index contributed by atoms with van der Waals surface area (Å²) in [5.74, 6) is -0.913. The van der Waals surface area contributed by atoms with Gasteiger partial charge in [-0.1, -0.05) is 0 Å². The number of nitrogens with one attached hydrogen (secondary N) is 1. The predicted octanol–water partition coefficient (Wildman–Crippen LogP) is 2.50. The quantitative estimate of drug-likeness (QED) is 0.808. The smallest absolute Gasteiger partial charge is 0.146 e. The summed E-state index contributed by atoms with van der Waals surface area (Å²) in [6, 6.07) is 3.35. The summed E-state index contributed by atoms with van der Waals surface area (Å²) in [6.45, 7) is 4.28. The van der Waals surface area contributed by atoms with Crippen LogP contribution in [0.3, 0.4) is 0 Å². The molecule has 0 heterocycles. The normalized spacial score (nSPS) is 11.5. The first-order valence-corrected chi connectivity index (χ1v) is 4.88. The van der Waals surface area contributed by atoms with Crippen molar-refractivity contribution in [1.29, 1.82) is 0 Å². The molecule has 0 amide bonds. The van der Waals surface area contributed by atoms with E-state index in [4.69, 9.17) is 5.73 Å². The summed E-state index contributed by atoms with van der Waals surface area (Å²) in [5.41, 5.74) is 5.26. The maximum Gasteiger partial charge on any atom is 0.146 e. The van der Waals surface area contributed by atoms with Crippen LogP contribution in [-0.4, -0.2) is 12.1 Å². The lowest BCUT2D eigenvalue weighted by atomic mass is 10.0. The van der Waals surface area contributed by atoms with Crippen molar-refractivity contribution in [2.75, 3.05) is 11.9 Å². The Labute approximate surface area is 88.5 Å². The maximum atomic E-state index is 13.3. The monoisotopic (exact) mass is 214 g/mol. The third kappa shape index (κ3) is 3.47. The first-order valence-electron chi connectivity index (χ1n) is 4.88. The minimum absolute atomic E-state index is 0.174. The average Bonchev–Trinajstić information content (AvgIpc) is 2.10. The number of halogens is 2. The molecule has 2 nitrogen and oxygen atoms in total. The Bertz CT molecular complexity index is 337. The van der Waals surface area contributed by atoms with Gasteiger partial charge >= 0.3 is 0 Å². The van der Waals surface area contributed by atoms with Crippen molar-refractivity contribution >= 4 is 5.69 Å². The molecule has 0 unspecified atom stereocenters. The lowest BCUT2D eigenvalue weighted by Crippen LogP contribution is -2.33. The predicted molar refractivity (Wildman–Crippen MR) is 57.7 cm³/mol. The lowest BCUT2D eigenvalue weighted by Gasteiger charge is -2.27. The summed E-state index contributed by atoms with van der Waals surface area (Å²) in [4.78, 5) is 0. The van der Waals surface area contributed by atoms with Gasteiger partial charge in [-0.05, 0) is 45.0 Å². The van der Waals surface area contributed by atoms with Gasteiger partial charge in [-0.25, -0.2) is 8.78 Å². The molecule has 84 valence electrons. The molecule has 0 saturated heterocycles. The van der Waals surface area contributed by atoms with E-state index in [1.165, 1.54) is 0 Å². The summed E-state index contributed by atoms with van der Waals surface area (Å²) in [5, 5.41) is 2.93. The second kappa shape index (κ2) is 4.57. The SMILES string of the molecule is CC(C)(CCN)Nc1cc(F)ccc1F. The summed E-state index contributed by atoms with van der Waals surface area (Å²) in [7, 11) is 0. The van der Waals surface area contributed by atoms with Gasteiger partial charge in [0, 0.05) is 5.54 Å². The largest absolute Gasteiger partial charge is 0.378 e. The molecule has 0 aliphatic rings. The van der Waals surface area contributed by atoms with Crippen LogP contribution < -0.4 is 11.1 Å². The molecule has 0 aliphatic heterocycles. The van der Waals surface area contributed by atoms with E-state index in [2.05, 4.69) is 5.32 Å². The van der Waals surface area contributed by atoms with Crippen molar-refractivity contribution in [3.8, 4) is 0 Å². The molecule has 0 fully saturated rings. The topological polar surface area (TPSA) is 38.0 Å². The van der Waals surface area contributed by atoms with Crippen molar-refractivity contribution in [1.82, 2.24) is 0 Å². The van der Waals surface area contributed by atoms with Crippen LogP contribution in [0.1, 0.15) is 20.3 Å². The van der Waals surface area contributed by atoms with Crippen molar-refractivity contribution in [2.45, 2.75) is 25.8 Å². The van der Waals surface area contributed by atoms with Crippen LogP contribution >= 0.6 is 0 Å². The first kappa shape index (κ1) is 11.9. The van der Waals surface area contributed by atoms with Crippen LogP contribution in [0.15, 0.2) is 18.2 Å². The van der Waals surface area contributed by atoms with Gasteiger partial charge in [0.1, 0.15) is 11.6 Å². The molecular weight excluding hydrogens is 198 g/mol. The molecule has 15 heavy (non-hydrogen) atoms. The lowest BCUT2D eigenvalue weighted by molar-refractivity contribution is 0.517. The molecule has 0 aromatic heterocycles. The van der Waals surface area contributed by atoms with E-state index in [1.54, 1.807) is 0 Å². The molecular formula is C11H16F2N2. The van der Waals surface area contributed by atoms with Crippen LogP contribution in [0, 0.1) is 11.6 Å². The van der Waals surface area contributed by atoms with Gasteiger partial charge in [0.25, 0.3) is 0 Å². The Morgan fingerprint density at radius 2 is 2.00 bits per heavy atom. The van der Waals surface area contributed by atoms with Gasteiger partial charge in [-0.15, -0.1) is 0 Å². The number of anilines is 1. The van der Waals surface area contributed by atoms with Crippen LogP contribution in [-0.2, 0) is 0 Å². The molecule has 3 N–H and O–H groups in total. The van der Waals surface area contributed by atoms with Crippen LogP contribution in [0.25, 0.3) is 0 Å². The molecule has 0 aliphatic carbocycles. The first-order chi connectivity index (χ1) is 6.94. The van der Waals surface area contributed by atoms with Gasteiger partial charge < -0.3 is 11.1 Å². The second-order valence-corrected chi connectivity index (χ2v) is 4.17. The average molecular weight is 214 g/mol. The van der Waals surface area contributed by atoms with Crippen molar-refractivity contribution in [3.05, 3.63) is 29.8 Å². The molecule has 1 aromatic rings. The van der Waals surface area contributed by atoms with Crippen molar-refractivity contribution < 1.29 is 8.78 Å². The number of hydrogen-bond donors (Lipinski definition) is 2. The van der Waals surface area contributed by atoms with E-state index in [-0.39, 0.29) is 11.2 Å². The fourth-order valence-electron chi connectivity index (χ4n) is 1.38. The van der Waals surface area contributed by atoms with Crippen LogP contribution in [0.5, 0.6) is 0 Å². The fourth-order valence-corrected chi connectivity index (χ4v) is 1.38. The van der Waals surface area contributed by atoms with Gasteiger partial charge in [-0.2, -0.15) is 0 Å². The fraction of sp³-hybridized carbons (Fsp3) is 0.455. The van der Waals surface area contributed by atoms with Crippen molar-refractivity contribution in [3.63, 3.8) is 0 Å². The molecule has 1 aromatic carbocycles. The zero-order chi connectivity index (χ0) is 11.5. The standard InChI is InChI=1S/C11H16F2N2/c1-11(2,5-6-14)15-10-7-8(12)3-4-9(10)13/h3-4,7,15H,5-6,14H2,1-2H3. The number of nitrogens with two attached hydrogens (primary N) is 1. The number of hydrogen-bond acceptors (Lipinski definition) is 2. The molecule has 0 saturated carbocycles. The Kier molecular flexibility index (Phi) is 3.63. The Hall–Kier alpha value is -1.16. The van der Waals surface area contributed by atoms with Gasteiger partial charge in [0.2, 0.25) is 0 Å². The van der Waals surface area contributed by atoms with Gasteiger partial charge in [0.05, 0.1) is 5.69 Å². The van der Waals surface area contributed by atoms with E-state index >= 15 is 0 Å². The van der Waals surface area contributed by atoms with E-state index in [9.17, 15) is 8.78 Å². The summed E-state index contributed by atoms with van der Waals surface area (Å²) < 4.78 is 26.2. The van der Waals surface area contributed by atoms with Crippen LogP contribution in [0.4, 0.5) is 14.5 Å². The third-order valence-corrected chi connectivity index (χ3v) is 2.17. The zero-order valence-electron chi connectivity index (χ0n) is 8.98. The highest BCUT2D eigenvalue weighted by Crippen LogP contribution is 2.21. The Balaban J connectivity index is 2.83. The summed E-state index contributed by atoms with van der Waals surface area (Å²) in [6.07, 6.45) is 0.683. The Morgan fingerprint density at radius 1 is 1.33 bits per heavy atom. The van der Waals surface area contributed by atoms with E-state index in [0.717, 1.165) is 18.2 Å². The molecule has 0 spiro atoms. The Morgan fingerprint density at radius 3 is 2.60 bits per heavy atom. The number of rotatable bonds is 4. The van der Waals surface area contributed by atoms with E-state index < -0.39 is 11.6 Å². The second-order valence-electron chi connectivity index (χ2n) is 4.17.